The Kier molecular flexibility index (Phi) is 5.95. The molecule has 0 saturated carbocycles. The Morgan fingerprint density at radius 1 is 1.09 bits per heavy atom. The van der Waals surface area contributed by atoms with Crippen molar-refractivity contribution in [1.82, 2.24) is 9.55 Å². The van der Waals surface area contributed by atoms with Crippen molar-refractivity contribution in [3.05, 3.63) is 89.0 Å². The number of aromatic carboxylic acids is 1. The molecule has 1 heterocycles. The molecule has 0 unspecified atom stereocenters. The molecule has 1 aromatic heterocycles. The van der Waals surface area contributed by atoms with Crippen LogP contribution in [0.4, 0.5) is 19.1 Å². The first-order valence-electron chi connectivity index (χ1n) is 10.0. The average molecular weight is 455 g/mol. The molecular weight excluding hydrogens is 435 g/mol. The van der Waals surface area contributed by atoms with Gasteiger partial charge in [-0.25, -0.2) is 9.78 Å². The number of rotatable bonds is 7. The van der Waals surface area contributed by atoms with Crippen LogP contribution in [0.25, 0.3) is 11.0 Å². The highest BCUT2D eigenvalue weighted by molar-refractivity contribution is 5.93. The number of anilines is 1. The standard InChI is InChI=1S/C24H20F3N3O3/c1-33-18-9-6-15(7-10-18)13-28-23-29-20-12-16(22(31)32)8-11-21(20)30(23)14-17-4-2-3-5-19(17)24(25,26)27/h2-12H,13-14H2,1H3,(H,28,29)(H,31,32). The second-order valence-electron chi connectivity index (χ2n) is 7.39. The van der Waals surface area contributed by atoms with Gasteiger partial charge in [0.25, 0.3) is 0 Å². The number of carboxylic acids is 1. The maximum atomic E-state index is 13.5. The molecule has 4 rings (SSSR count). The zero-order valence-corrected chi connectivity index (χ0v) is 17.6. The maximum absolute atomic E-state index is 13.5. The largest absolute Gasteiger partial charge is 0.497 e. The number of hydrogen-bond acceptors (Lipinski definition) is 4. The number of aromatic nitrogens is 2. The number of alkyl halides is 3. The molecule has 0 atom stereocenters. The minimum atomic E-state index is -4.50. The number of nitrogens with zero attached hydrogens (tertiary/aromatic N) is 2. The smallest absolute Gasteiger partial charge is 0.416 e. The number of halogens is 3. The summed E-state index contributed by atoms with van der Waals surface area (Å²) in [6.45, 7) is 0.267. The van der Waals surface area contributed by atoms with Gasteiger partial charge >= 0.3 is 12.1 Å². The van der Waals surface area contributed by atoms with E-state index in [4.69, 9.17) is 4.74 Å². The molecule has 33 heavy (non-hydrogen) atoms. The van der Waals surface area contributed by atoms with Crippen LogP contribution in [-0.2, 0) is 19.3 Å². The van der Waals surface area contributed by atoms with E-state index in [1.54, 1.807) is 35.9 Å². The van der Waals surface area contributed by atoms with Gasteiger partial charge in [0.15, 0.2) is 0 Å². The monoisotopic (exact) mass is 455 g/mol. The normalized spacial score (nSPS) is 11.5. The number of carbonyl (C=O) groups is 1. The van der Waals surface area contributed by atoms with Gasteiger partial charge in [-0.2, -0.15) is 13.2 Å². The van der Waals surface area contributed by atoms with E-state index >= 15 is 0 Å². The van der Waals surface area contributed by atoms with Gasteiger partial charge in [-0.1, -0.05) is 30.3 Å². The highest BCUT2D eigenvalue weighted by Crippen LogP contribution is 2.33. The summed E-state index contributed by atoms with van der Waals surface area (Å²) in [6.07, 6.45) is -4.50. The third-order valence-corrected chi connectivity index (χ3v) is 5.26. The lowest BCUT2D eigenvalue weighted by atomic mass is 10.1. The Hall–Kier alpha value is -4.01. The van der Waals surface area contributed by atoms with Crippen LogP contribution < -0.4 is 10.1 Å². The number of benzene rings is 3. The fourth-order valence-corrected chi connectivity index (χ4v) is 3.59. The molecule has 2 N–H and O–H groups in total. The number of fused-ring (bicyclic) bond motifs is 1. The lowest BCUT2D eigenvalue weighted by molar-refractivity contribution is -0.138. The SMILES string of the molecule is COc1ccc(CNc2nc3cc(C(=O)O)ccc3n2Cc2ccccc2C(F)(F)F)cc1. The third kappa shape index (κ3) is 4.77. The van der Waals surface area contributed by atoms with Gasteiger partial charge in [0.2, 0.25) is 5.95 Å². The highest BCUT2D eigenvalue weighted by atomic mass is 19.4. The van der Waals surface area contributed by atoms with Gasteiger partial charge in [-0.3, -0.25) is 0 Å². The minimum absolute atomic E-state index is 0.0459. The molecule has 4 aromatic rings. The molecule has 3 aromatic carbocycles. The van der Waals surface area contributed by atoms with Crippen molar-refractivity contribution < 1.29 is 27.8 Å². The van der Waals surface area contributed by atoms with E-state index in [9.17, 15) is 23.1 Å². The second kappa shape index (κ2) is 8.85. The van der Waals surface area contributed by atoms with Crippen molar-refractivity contribution >= 4 is 23.0 Å². The summed E-state index contributed by atoms with van der Waals surface area (Å²) < 4.78 is 47.4. The Balaban J connectivity index is 1.73. The summed E-state index contributed by atoms with van der Waals surface area (Å²) in [5, 5.41) is 12.5. The first-order chi connectivity index (χ1) is 15.8. The molecule has 0 fully saturated rings. The fourth-order valence-electron chi connectivity index (χ4n) is 3.59. The number of hydrogen-bond donors (Lipinski definition) is 2. The summed E-state index contributed by atoms with van der Waals surface area (Å²) in [5.41, 5.74) is 1.21. The number of nitrogens with one attached hydrogen (secondary N) is 1. The first-order valence-corrected chi connectivity index (χ1v) is 10.0. The van der Waals surface area contributed by atoms with Gasteiger partial charge in [0.05, 0.1) is 35.8 Å². The third-order valence-electron chi connectivity index (χ3n) is 5.26. The number of methoxy groups -OCH3 is 1. The number of imidazole rings is 1. The van der Waals surface area contributed by atoms with Gasteiger partial charge in [-0.15, -0.1) is 0 Å². The molecule has 0 aliphatic carbocycles. The van der Waals surface area contributed by atoms with Crippen LogP contribution in [0.15, 0.2) is 66.7 Å². The van der Waals surface area contributed by atoms with Crippen LogP contribution >= 0.6 is 0 Å². The van der Waals surface area contributed by atoms with Gasteiger partial charge < -0.3 is 19.7 Å². The van der Waals surface area contributed by atoms with Gasteiger partial charge in [-0.05, 0) is 47.5 Å². The van der Waals surface area contributed by atoms with Crippen molar-refractivity contribution in [1.29, 1.82) is 0 Å². The summed E-state index contributed by atoms with van der Waals surface area (Å²) >= 11 is 0. The zero-order valence-electron chi connectivity index (χ0n) is 17.6. The van der Waals surface area contributed by atoms with Crippen LogP contribution in [-0.4, -0.2) is 27.7 Å². The van der Waals surface area contributed by atoms with Crippen molar-refractivity contribution in [3.8, 4) is 5.75 Å². The van der Waals surface area contributed by atoms with E-state index in [0.717, 1.165) is 11.6 Å². The summed E-state index contributed by atoms with van der Waals surface area (Å²) in [5.74, 6) is -0.0714. The Labute approximate surface area is 187 Å². The van der Waals surface area contributed by atoms with Crippen LogP contribution in [0.3, 0.4) is 0 Å². The van der Waals surface area contributed by atoms with Crippen LogP contribution in [0, 0.1) is 0 Å². The van der Waals surface area contributed by atoms with E-state index in [1.165, 1.54) is 24.3 Å². The Bertz CT molecular complexity index is 1300. The van der Waals surface area contributed by atoms with E-state index < -0.39 is 17.7 Å². The Morgan fingerprint density at radius 3 is 2.48 bits per heavy atom. The molecule has 0 saturated heterocycles. The lowest BCUT2D eigenvalue weighted by Crippen LogP contribution is -2.13. The second-order valence-corrected chi connectivity index (χ2v) is 7.39. The quantitative estimate of drug-likeness (QED) is 0.389. The summed E-state index contributed by atoms with van der Waals surface area (Å²) in [7, 11) is 1.57. The molecular formula is C24H20F3N3O3. The van der Waals surface area contributed by atoms with Gasteiger partial charge in [0.1, 0.15) is 5.75 Å². The molecule has 0 aliphatic rings. The van der Waals surface area contributed by atoms with E-state index in [-0.39, 0.29) is 17.7 Å². The predicted molar refractivity (Wildman–Crippen MR) is 118 cm³/mol. The van der Waals surface area contributed by atoms with E-state index in [0.29, 0.717) is 29.3 Å². The van der Waals surface area contributed by atoms with Crippen molar-refractivity contribution in [3.63, 3.8) is 0 Å². The summed E-state index contributed by atoms with van der Waals surface area (Å²) in [4.78, 5) is 15.8. The lowest BCUT2D eigenvalue weighted by Gasteiger charge is -2.16. The molecule has 0 radical (unpaired) electrons. The zero-order chi connectivity index (χ0) is 23.6. The molecule has 6 nitrogen and oxygen atoms in total. The molecule has 0 bridgehead atoms. The Morgan fingerprint density at radius 2 is 1.82 bits per heavy atom. The van der Waals surface area contributed by atoms with Crippen molar-refractivity contribution in [2.24, 2.45) is 0 Å². The topological polar surface area (TPSA) is 76.4 Å². The molecule has 0 amide bonds. The fraction of sp³-hybridized carbons (Fsp3) is 0.167. The number of ether oxygens (including phenoxy) is 1. The maximum Gasteiger partial charge on any atom is 0.416 e. The van der Waals surface area contributed by atoms with Crippen LogP contribution in [0.2, 0.25) is 0 Å². The first kappa shape index (κ1) is 22.2. The average Bonchev–Trinajstić information content (AvgIpc) is 3.14. The van der Waals surface area contributed by atoms with Crippen molar-refractivity contribution in [2.75, 3.05) is 12.4 Å². The van der Waals surface area contributed by atoms with Crippen LogP contribution in [0.5, 0.6) is 5.75 Å². The molecule has 0 aliphatic heterocycles. The number of carboxylic acid groups (broad SMARTS) is 1. The molecule has 9 heteroatoms. The highest BCUT2D eigenvalue weighted by Gasteiger charge is 2.33. The predicted octanol–water partition coefficient (Wildman–Crippen LogP) is 5.42. The summed E-state index contributed by atoms with van der Waals surface area (Å²) in [6, 6.07) is 17.1. The molecule has 170 valence electrons. The van der Waals surface area contributed by atoms with E-state index in [2.05, 4.69) is 10.3 Å². The minimum Gasteiger partial charge on any atom is -0.497 e. The van der Waals surface area contributed by atoms with E-state index in [1.807, 2.05) is 12.1 Å². The van der Waals surface area contributed by atoms with Crippen LogP contribution in [0.1, 0.15) is 27.0 Å². The van der Waals surface area contributed by atoms with Crippen molar-refractivity contribution in [2.45, 2.75) is 19.3 Å². The van der Waals surface area contributed by atoms with Gasteiger partial charge in [0, 0.05) is 6.54 Å². The molecule has 0 spiro atoms.